The van der Waals surface area contributed by atoms with E-state index in [2.05, 4.69) is 0 Å². The second-order valence-corrected chi connectivity index (χ2v) is 4.82. The summed E-state index contributed by atoms with van der Waals surface area (Å²) < 4.78 is 43.4. The van der Waals surface area contributed by atoms with Crippen molar-refractivity contribution >= 4 is 5.91 Å². The third kappa shape index (κ3) is 4.10. The van der Waals surface area contributed by atoms with Crippen LogP contribution in [0.2, 0.25) is 0 Å². The van der Waals surface area contributed by atoms with Crippen LogP contribution in [0.5, 0.6) is 5.75 Å². The zero-order chi connectivity index (χ0) is 15.5. The average Bonchev–Trinajstić information content (AvgIpc) is 3.26. The Morgan fingerprint density at radius 3 is 2.57 bits per heavy atom. The van der Waals surface area contributed by atoms with Crippen LogP contribution in [0.15, 0.2) is 24.3 Å². The first-order valence-corrected chi connectivity index (χ1v) is 6.63. The van der Waals surface area contributed by atoms with Gasteiger partial charge in [-0.15, -0.1) is 0 Å². The van der Waals surface area contributed by atoms with Crippen LogP contribution >= 0.6 is 0 Å². The molecule has 116 valence electrons. The molecule has 4 nitrogen and oxygen atoms in total. The minimum atomic E-state index is -4.53. The van der Waals surface area contributed by atoms with Crippen LogP contribution in [0, 0.1) is 0 Å². The molecule has 0 atom stereocenters. The topological polar surface area (TPSA) is 49.8 Å². The van der Waals surface area contributed by atoms with Crippen molar-refractivity contribution < 1.29 is 27.8 Å². The molecule has 0 spiro atoms. The average molecular weight is 303 g/mol. The van der Waals surface area contributed by atoms with Gasteiger partial charge in [-0.2, -0.15) is 13.2 Å². The molecule has 1 aliphatic carbocycles. The Bertz CT molecular complexity index is 500. The minimum Gasteiger partial charge on any atom is -0.483 e. The van der Waals surface area contributed by atoms with Crippen LogP contribution in [-0.4, -0.2) is 41.7 Å². The van der Waals surface area contributed by atoms with Crippen LogP contribution in [0.1, 0.15) is 18.4 Å². The van der Waals surface area contributed by atoms with Gasteiger partial charge in [-0.05, 0) is 25.0 Å². The normalized spacial score (nSPS) is 14.9. The van der Waals surface area contributed by atoms with Gasteiger partial charge in [0.15, 0.2) is 6.61 Å². The zero-order valence-electron chi connectivity index (χ0n) is 11.3. The molecule has 0 saturated heterocycles. The highest BCUT2D eigenvalue weighted by Crippen LogP contribution is 2.36. The standard InChI is InChI=1S/C14H16F3NO3/c15-14(16,17)11-3-1-2-4-12(11)21-9-13(20)18(7-8-19)10-5-6-10/h1-4,10,19H,5-9H2. The van der Waals surface area contributed by atoms with E-state index in [4.69, 9.17) is 9.84 Å². The molecule has 1 N–H and O–H groups in total. The summed E-state index contributed by atoms with van der Waals surface area (Å²) >= 11 is 0. The number of aliphatic hydroxyl groups excluding tert-OH is 1. The van der Waals surface area contributed by atoms with Crippen LogP contribution in [0.3, 0.4) is 0 Å². The van der Waals surface area contributed by atoms with Crippen molar-refractivity contribution in [1.82, 2.24) is 4.90 Å². The van der Waals surface area contributed by atoms with Crippen molar-refractivity contribution in [3.63, 3.8) is 0 Å². The van der Waals surface area contributed by atoms with E-state index >= 15 is 0 Å². The first kappa shape index (κ1) is 15.6. The summed E-state index contributed by atoms with van der Waals surface area (Å²) in [5, 5.41) is 8.91. The maximum atomic E-state index is 12.8. The predicted octanol–water partition coefficient (Wildman–Crippen LogP) is 2.07. The number of hydrogen-bond donors (Lipinski definition) is 1. The Morgan fingerprint density at radius 1 is 1.33 bits per heavy atom. The number of nitrogens with zero attached hydrogens (tertiary/aromatic N) is 1. The molecule has 1 aromatic carbocycles. The van der Waals surface area contributed by atoms with Gasteiger partial charge >= 0.3 is 6.18 Å². The first-order chi connectivity index (χ1) is 9.93. The highest BCUT2D eigenvalue weighted by Gasteiger charge is 2.35. The van der Waals surface area contributed by atoms with Crippen molar-refractivity contribution in [2.45, 2.75) is 25.1 Å². The Balaban J connectivity index is 2.01. The number of carbonyl (C=O) groups excluding carboxylic acids is 1. The number of para-hydroxylation sites is 1. The van der Waals surface area contributed by atoms with Crippen molar-refractivity contribution in [2.24, 2.45) is 0 Å². The summed E-state index contributed by atoms with van der Waals surface area (Å²) in [5.41, 5.74) is -0.905. The third-order valence-corrected chi connectivity index (χ3v) is 3.19. The van der Waals surface area contributed by atoms with Gasteiger partial charge in [0.2, 0.25) is 0 Å². The van der Waals surface area contributed by atoms with E-state index in [9.17, 15) is 18.0 Å². The molecule has 2 rings (SSSR count). The van der Waals surface area contributed by atoms with E-state index in [-0.39, 0.29) is 24.9 Å². The smallest absolute Gasteiger partial charge is 0.419 e. The molecule has 7 heteroatoms. The molecular formula is C14H16F3NO3. The fourth-order valence-electron chi connectivity index (χ4n) is 2.05. The van der Waals surface area contributed by atoms with Gasteiger partial charge in [-0.1, -0.05) is 12.1 Å². The van der Waals surface area contributed by atoms with E-state index in [1.165, 1.54) is 23.1 Å². The molecule has 0 heterocycles. The summed E-state index contributed by atoms with van der Waals surface area (Å²) in [7, 11) is 0. The van der Waals surface area contributed by atoms with Crippen molar-refractivity contribution in [1.29, 1.82) is 0 Å². The lowest BCUT2D eigenvalue weighted by molar-refractivity contribution is -0.141. The zero-order valence-corrected chi connectivity index (χ0v) is 11.3. The molecule has 0 aromatic heterocycles. The van der Waals surface area contributed by atoms with Crippen LogP contribution < -0.4 is 4.74 Å². The van der Waals surface area contributed by atoms with Gasteiger partial charge in [-0.3, -0.25) is 4.79 Å². The van der Waals surface area contributed by atoms with Gasteiger partial charge in [0.25, 0.3) is 5.91 Å². The van der Waals surface area contributed by atoms with Crippen LogP contribution in [0.4, 0.5) is 13.2 Å². The molecule has 1 fully saturated rings. The summed E-state index contributed by atoms with van der Waals surface area (Å²) in [5.74, 6) is -0.776. The maximum absolute atomic E-state index is 12.8. The van der Waals surface area contributed by atoms with Gasteiger partial charge in [0.05, 0.1) is 12.2 Å². The number of halogens is 3. The number of carbonyl (C=O) groups is 1. The minimum absolute atomic E-state index is 0.0751. The number of rotatable bonds is 6. The molecule has 1 amide bonds. The molecule has 21 heavy (non-hydrogen) atoms. The SMILES string of the molecule is O=C(COc1ccccc1C(F)(F)F)N(CCO)C1CC1. The largest absolute Gasteiger partial charge is 0.483 e. The molecule has 0 aliphatic heterocycles. The van der Waals surface area contributed by atoms with Crippen molar-refractivity contribution in [2.75, 3.05) is 19.8 Å². The van der Waals surface area contributed by atoms with E-state index in [1.54, 1.807) is 0 Å². The molecule has 0 bridgehead atoms. The summed E-state index contributed by atoms with van der Waals surface area (Å²) in [6.45, 7) is -0.473. The monoisotopic (exact) mass is 303 g/mol. The van der Waals surface area contributed by atoms with Gasteiger partial charge in [0.1, 0.15) is 5.75 Å². The quantitative estimate of drug-likeness (QED) is 0.875. The number of ether oxygens (including phenoxy) is 1. The van der Waals surface area contributed by atoms with E-state index < -0.39 is 24.3 Å². The Kier molecular flexibility index (Phi) is 4.72. The second kappa shape index (κ2) is 6.34. The maximum Gasteiger partial charge on any atom is 0.419 e. The molecular weight excluding hydrogens is 287 g/mol. The summed E-state index contributed by atoms with van der Waals surface area (Å²) in [6, 6.07) is 4.85. The Labute approximate surface area is 120 Å². The second-order valence-electron chi connectivity index (χ2n) is 4.82. The van der Waals surface area contributed by atoms with Gasteiger partial charge < -0.3 is 14.7 Å². The van der Waals surface area contributed by atoms with E-state index in [0.29, 0.717) is 0 Å². The summed E-state index contributed by atoms with van der Waals surface area (Å²) in [4.78, 5) is 13.4. The van der Waals surface area contributed by atoms with Crippen molar-refractivity contribution in [3.8, 4) is 5.75 Å². The highest BCUT2D eigenvalue weighted by molar-refractivity contribution is 5.78. The lowest BCUT2D eigenvalue weighted by Crippen LogP contribution is -2.38. The molecule has 0 unspecified atom stereocenters. The van der Waals surface area contributed by atoms with Crippen molar-refractivity contribution in [3.05, 3.63) is 29.8 Å². The Morgan fingerprint density at radius 2 is 2.00 bits per heavy atom. The number of benzene rings is 1. The van der Waals surface area contributed by atoms with Gasteiger partial charge in [-0.25, -0.2) is 0 Å². The predicted molar refractivity (Wildman–Crippen MR) is 68.8 cm³/mol. The number of aliphatic hydroxyl groups is 1. The first-order valence-electron chi connectivity index (χ1n) is 6.63. The fourth-order valence-corrected chi connectivity index (χ4v) is 2.05. The molecule has 1 aromatic rings. The van der Waals surface area contributed by atoms with Crippen LogP contribution in [0.25, 0.3) is 0 Å². The van der Waals surface area contributed by atoms with E-state index in [1.807, 2.05) is 0 Å². The fraction of sp³-hybridized carbons (Fsp3) is 0.500. The third-order valence-electron chi connectivity index (χ3n) is 3.19. The lowest BCUT2D eigenvalue weighted by Gasteiger charge is -2.22. The molecule has 0 radical (unpaired) electrons. The highest BCUT2D eigenvalue weighted by atomic mass is 19.4. The molecule has 1 aliphatic rings. The number of hydrogen-bond acceptors (Lipinski definition) is 3. The number of alkyl halides is 3. The van der Waals surface area contributed by atoms with Gasteiger partial charge in [0, 0.05) is 12.6 Å². The lowest BCUT2D eigenvalue weighted by atomic mass is 10.2. The summed E-state index contributed by atoms with van der Waals surface area (Å²) in [6.07, 6.45) is -2.82. The molecule has 1 saturated carbocycles. The van der Waals surface area contributed by atoms with Crippen LogP contribution in [-0.2, 0) is 11.0 Å². The Hall–Kier alpha value is -1.76. The number of amides is 1. The van der Waals surface area contributed by atoms with E-state index in [0.717, 1.165) is 18.9 Å².